The summed E-state index contributed by atoms with van der Waals surface area (Å²) in [5, 5.41) is 32.4. The molecule has 9 nitrogen and oxygen atoms in total. The zero-order valence-corrected chi connectivity index (χ0v) is 35.1. The average molecular weight is 760 g/mol. The van der Waals surface area contributed by atoms with Crippen molar-refractivity contribution in [2.24, 2.45) is 9.98 Å². The molecule has 2 unspecified atom stereocenters. The molecule has 0 amide bonds. The fourth-order valence-corrected chi connectivity index (χ4v) is 5.39. The van der Waals surface area contributed by atoms with Crippen molar-refractivity contribution in [1.82, 2.24) is 20.1 Å². The predicted molar refractivity (Wildman–Crippen MR) is 235 cm³/mol. The lowest BCUT2D eigenvalue weighted by Crippen LogP contribution is -2.32. The highest BCUT2D eigenvalue weighted by molar-refractivity contribution is 5.74. The summed E-state index contributed by atoms with van der Waals surface area (Å²) in [5.41, 5.74) is 8.12. The molecule has 1 aliphatic carbocycles. The van der Waals surface area contributed by atoms with Crippen LogP contribution in [0.15, 0.2) is 118 Å². The van der Waals surface area contributed by atoms with Gasteiger partial charge in [0, 0.05) is 43.4 Å². The van der Waals surface area contributed by atoms with Crippen molar-refractivity contribution in [3.05, 3.63) is 125 Å². The van der Waals surface area contributed by atoms with Crippen LogP contribution in [-0.2, 0) is 13.1 Å². The van der Waals surface area contributed by atoms with Gasteiger partial charge in [0.25, 0.3) is 0 Å². The van der Waals surface area contributed by atoms with Crippen LogP contribution in [0.5, 0.6) is 0 Å². The molecule has 1 aromatic heterocycles. The fourth-order valence-electron chi connectivity index (χ4n) is 5.39. The summed E-state index contributed by atoms with van der Waals surface area (Å²) in [5.74, 6) is -0.243. The average Bonchev–Trinajstić information content (AvgIpc) is 3.57. The molecule has 1 aromatic carbocycles. The molecule has 0 spiro atoms. The Labute approximate surface area is 332 Å². The molecule has 0 saturated carbocycles. The van der Waals surface area contributed by atoms with Crippen LogP contribution in [0.1, 0.15) is 98.6 Å². The van der Waals surface area contributed by atoms with Crippen molar-refractivity contribution in [2.75, 3.05) is 20.1 Å². The number of nitrogens with one attached hydrogen (secondary N) is 3. The van der Waals surface area contributed by atoms with Crippen LogP contribution in [0.3, 0.4) is 0 Å². The van der Waals surface area contributed by atoms with E-state index in [1.807, 2.05) is 78.4 Å². The molecule has 0 radical (unpaired) electrons. The highest BCUT2D eigenvalue weighted by atomic mass is 19.1. The van der Waals surface area contributed by atoms with E-state index in [1.165, 1.54) is 17.7 Å². The van der Waals surface area contributed by atoms with Gasteiger partial charge in [-0.25, -0.2) is 14.4 Å². The van der Waals surface area contributed by atoms with Gasteiger partial charge < -0.3 is 35.7 Å². The SMILES string of the molecule is C=C/C(NCc1cccc(F)c1)=C(/C)C/C=C(\C)NC=NC=NC1=CC=C(c2ccn(CC(O)CN(C)CCCC(O)CC)c2)CC=C1C.C=N.CC.CC. The Morgan fingerprint density at radius 2 is 1.84 bits per heavy atom. The van der Waals surface area contributed by atoms with Gasteiger partial charge in [-0.1, -0.05) is 71.6 Å². The summed E-state index contributed by atoms with van der Waals surface area (Å²) in [6, 6.07) is 8.65. The lowest BCUT2D eigenvalue weighted by Gasteiger charge is -2.21. The van der Waals surface area contributed by atoms with Crippen molar-refractivity contribution in [3.63, 3.8) is 0 Å². The maximum Gasteiger partial charge on any atom is 0.123 e. The Bertz CT molecular complexity index is 1600. The highest BCUT2D eigenvalue weighted by Crippen LogP contribution is 2.26. The smallest absolute Gasteiger partial charge is 0.123 e. The Morgan fingerprint density at radius 3 is 2.51 bits per heavy atom. The molecule has 0 bridgehead atoms. The first kappa shape index (κ1) is 50.4. The first-order valence-corrected chi connectivity index (χ1v) is 19.5. The summed E-state index contributed by atoms with van der Waals surface area (Å²) in [4.78, 5) is 11.0. The number of rotatable bonds is 20. The normalized spacial score (nSPS) is 14.4. The van der Waals surface area contributed by atoms with Gasteiger partial charge >= 0.3 is 0 Å². The first-order chi connectivity index (χ1) is 26.6. The minimum atomic E-state index is -0.477. The summed E-state index contributed by atoms with van der Waals surface area (Å²) in [6.45, 7) is 25.0. The molecule has 2 aromatic rings. The fraction of sp³-hybridized carbons (Fsp3) is 0.444. The number of allylic oxidation sites excluding steroid dienone is 9. The summed E-state index contributed by atoms with van der Waals surface area (Å²) >= 11 is 0. The number of halogens is 1. The van der Waals surface area contributed by atoms with Gasteiger partial charge in [-0.05, 0) is 131 Å². The number of likely N-dealkylation sites (N-methyl/N-ethyl adjacent to an activating group) is 1. The minimum Gasteiger partial charge on any atom is -0.393 e. The molecule has 304 valence electrons. The maximum absolute atomic E-state index is 13.5. The van der Waals surface area contributed by atoms with E-state index in [-0.39, 0.29) is 11.9 Å². The van der Waals surface area contributed by atoms with Crippen molar-refractivity contribution in [2.45, 2.75) is 113 Å². The van der Waals surface area contributed by atoms with E-state index in [9.17, 15) is 14.6 Å². The molecule has 0 aliphatic heterocycles. The van der Waals surface area contributed by atoms with Gasteiger partial charge in [0.2, 0.25) is 0 Å². The van der Waals surface area contributed by atoms with Crippen LogP contribution in [0.4, 0.5) is 4.39 Å². The Hall–Kier alpha value is -4.64. The van der Waals surface area contributed by atoms with E-state index in [0.717, 1.165) is 78.0 Å². The minimum absolute atomic E-state index is 0.235. The largest absolute Gasteiger partial charge is 0.393 e. The predicted octanol–water partition coefficient (Wildman–Crippen LogP) is 9.60. The highest BCUT2D eigenvalue weighted by Gasteiger charge is 2.12. The third-order valence-electron chi connectivity index (χ3n) is 8.47. The third kappa shape index (κ3) is 21.1. The van der Waals surface area contributed by atoms with Crippen LogP contribution in [-0.4, -0.2) is 71.4 Å². The number of aromatic nitrogens is 1. The molecule has 1 aliphatic rings. The van der Waals surface area contributed by atoms with E-state index >= 15 is 0 Å². The zero-order chi connectivity index (χ0) is 41.6. The topological polar surface area (TPSA) is 121 Å². The Kier molecular flexibility index (Phi) is 28.1. The van der Waals surface area contributed by atoms with E-state index in [2.05, 4.69) is 76.2 Å². The second-order valence-electron chi connectivity index (χ2n) is 12.7. The van der Waals surface area contributed by atoms with Gasteiger partial charge in [0.15, 0.2) is 0 Å². The van der Waals surface area contributed by atoms with E-state index < -0.39 is 6.10 Å². The number of aliphatic imine (C=N–C) groups is 2. The molecular formula is C45H70FN7O2. The second-order valence-corrected chi connectivity index (χ2v) is 12.7. The van der Waals surface area contributed by atoms with E-state index in [4.69, 9.17) is 5.41 Å². The van der Waals surface area contributed by atoms with Gasteiger partial charge in [-0.3, -0.25) is 0 Å². The number of benzene rings is 1. The van der Waals surface area contributed by atoms with Gasteiger partial charge in [-0.15, -0.1) is 0 Å². The molecule has 1 heterocycles. The zero-order valence-electron chi connectivity index (χ0n) is 35.1. The van der Waals surface area contributed by atoms with Crippen LogP contribution in [0, 0.1) is 11.2 Å². The number of nitrogens with zero attached hydrogens (tertiary/aromatic N) is 4. The second kappa shape index (κ2) is 30.7. The van der Waals surface area contributed by atoms with Crippen LogP contribution in [0.2, 0.25) is 0 Å². The molecule has 0 saturated heterocycles. The summed E-state index contributed by atoms with van der Waals surface area (Å²) in [6.07, 6.45) is 20.7. The van der Waals surface area contributed by atoms with Crippen LogP contribution >= 0.6 is 0 Å². The number of hydrogen-bond acceptors (Lipinski definition) is 6. The number of aliphatic hydroxyl groups excluding tert-OH is 2. The summed E-state index contributed by atoms with van der Waals surface area (Å²) in [7, 11) is 2.01. The van der Waals surface area contributed by atoms with E-state index in [0.29, 0.717) is 19.6 Å². The van der Waals surface area contributed by atoms with Crippen LogP contribution in [0.25, 0.3) is 5.57 Å². The first-order valence-electron chi connectivity index (χ1n) is 19.5. The quantitative estimate of drug-likeness (QED) is 0.0523. The maximum atomic E-state index is 13.5. The lowest BCUT2D eigenvalue weighted by molar-refractivity contribution is 0.104. The molecule has 2 atom stereocenters. The van der Waals surface area contributed by atoms with Crippen molar-refractivity contribution < 1.29 is 14.6 Å². The monoisotopic (exact) mass is 760 g/mol. The Morgan fingerprint density at radius 1 is 1.11 bits per heavy atom. The number of aliphatic hydroxyl groups is 2. The molecule has 55 heavy (non-hydrogen) atoms. The Balaban J connectivity index is 0.00000462. The van der Waals surface area contributed by atoms with Gasteiger partial charge in [-0.2, -0.15) is 0 Å². The summed E-state index contributed by atoms with van der Waals surface area (Å²) < 4.78 is 15.5. The van der Waals surface area contributed by atoms with Gasteiger partial charge in [0.05, 0.1) is 24.2 Å². The van der Waals surface area contributed by atoms with Crippen LogP contribution < -0.4 is 10.6 Å². The lowest BCUT2D eigenvalue weighted by atomic mass is 10.1. The number of hydrogen-bond donors (Lipinski definition) is 5. The van der Waals surface area contributed by atoms with E-state index in [1.54, 1.807) is 24.8 Å². The van der Waals surface area contributed by atoms with Crippen molar-refractivity contribution in [3.8, 4) is 0 Å². The molecule has 0 fully saturated rings. The van der Waals surface area contributed by atoms with Crippen molar-refractivity contribution >= 4 is 25.0 Å². The molecule has 10 heteroatoms. The van der Waals surface area contributed by atoms with Crippen molar-refractivity contribution in [1.29, 1.82) is 5.41 Å². The molecular weight excluding hydrogens is 690 g/mol. The third-order valence-corrected chi connectivity index (χ3v) is 8.47. The van der Waals surface area contributed by atoms with Gasteiger partial charge in [0.1, 0.15) is 12.2 Å². The molecule has 5 N–H and O–H groups in total. The molecule has 3 rings (SSSR count). The standard InChI is InChI=1S/C40H55FN6O2.2C2H6.CH3N/c1-7-37(48)13-10-21-46(6)26-38(49)27-47-22-20-35(25-47)34-17-15-31(4)40(19-18-34)45-29-42-28-44-32(5)16-14-30(3)39(8-2)43-24-33-11-9-12-36(41)23-33;3*1-2/h8-9,11-12,15-16,18-20,22-23,25,28-29,37-38,43,48-49H,2,7,10,13-14,17,21,24,26-27H2,1,3-6H3,(H,42,44,45);2*1-2H3;2H,1H2/b32-16+,39-30+;;;.